The van der Waals surface area contributed by atoms with Crippen molar-refractivity contribution < 1.29 is 13.6 Å². The van der Waals surface area contributed by atoms with E-state index in [0.717, 1.165) is 22.2 Å². The molecule has 3 aromatic rings. The molecule has 2 heterocycles. The zero-order chi connectivity index (χ0) is 16.7. The van der Waals surface area contributed by atoms with E-state index in [1.54, 1.807) is 29.2 Å². The molecule has 5 heteroatoms. The van der Waals surface area contributed by atoms with Gasteiger partial charge < -0.3 is 9.88 Å². The molecule has 3 nitrogen and oxygen atoms in total. The van der Waals surface area contributed by atoms with Gasteiger partial charge in [-0.25, -0.2) is 8.78 Å². The van der Waals surface area contributed by atoms with Gasteiger partial charge in [0.1, 0.15) is 11.6 Å². The molecule has 2 aromatic carbocycles. The third-order valence-electron chi connectivity index (χ3n) is 4.59. The molecule has 0 atom stereocenters. The van der Waals surface area contributed by atoms with E-state index in [1.165, 1.54) is 18.2 Å². The van der Waals surface area contributed by atoms with Crippen LogP contribution in [0.15, 0.2) is 42.5 Å². The van der Waals surface area contributed by atoms with Crippen LogP contribution in [0.5, 0.6) is 0 Å². The summed E-state index contributed by atoms with van der Waals surface area (Å²) in [6.07, 6.45) is 0.721. The Morgan fingerprint density at radius 1 is 1.17 bits per heavy atom. The summed E-state index contributed by atoms with van der Waals surface area (Å²) in [5.41, 5.74) is 3.29. The van der Waals surface area contributed by atoms with Gasteiger partial charge in [-0.1, -0.05) is 18.2 Å². The van der Waals surface area contributed by atoms with E-state index < -0.39 is 0 Å². The zero-order valence-electron chi connectivity index (χ0n) is 13.0. The van der Waals surface area contributed by atoms with Crippen LogP contribution in [-0.4, -0.2) is 22.3 Å². The van der Waals surface area contributed by atoms with Crippen molar-refractivity contribution in [1.29, 1.82) is 0 Å². The van der Waals surface area contributed by atoms with Crippen molar-refractivity contribution in [3.05, 3.63) is 70.9 Å². The average Bonchev–Trinajstić information content (AvgIpc) is 2.94. The zero-order valence-corrected chi connectivity index (χ0v) is 13.0. The Hall–Kier alpha value is -2.69. The molecule has 0 radical (unpaired) electrons. The number of H-pyrrole nitrogens is 1. The fourth-order valence-electron chi connectivity index (χ4n) is 3.34. The molecule has 0 aliphatic carbocycles. The van der Waals surface area contributed by atoms with E-state index in [0.29, 0.717) is 25.1 Å². The standard InChI is InChI=1S/C19H16F2N2O/c20-13-5-6-17-15(10-13)14-7-8-23(11-18(14)22-17)19(24)9-12-3-1-2-4-16(12)21/h1-6,10,22H,7-9,11H2. The van der Waals surface area contributed by atoms with Crippen LogP contribution in [0.25, 0.3) is 10.9 Å². The molecule has 0 saturated carbocycles. The summed E-state index contributed by atoms with van der Waals surface area (Å²) >= 11 is 0. The molecule has 122 valence electrons. The largest absolute Gasteiger partial charge is 0.357 e. The van der Waals surface area contributed by atoms with Crippen LogP contribution < -0.4 is 0 Å². The van der Waals surface area contributed by atoms with Crippen LogP contribution >= 0.6 is 0 Å². The van der Waals surface area contributed by atoms with E-state index in [1.807, 2.05) is 0 Å². The first-order chi connectivity index (χ1) is 11.6. The van der Waals surface area contributed by atoms with Gasteiger partial charge in [-0.05, 0) is 41.8 Å². The molecule has 4 rings (SSSR count). The Bertz CT molecular complexity index is 932. The third-order valence-corrected chi connectivity index (χ3v) is 4.59. The quantitative estimate of drug-likeness (QED) is 0.768. The number of hydrogen-bond donors (Lipinski definition) is 1. The second-order valence-electron chi connectivity index (χ2n) is 6.11. The van der Waals surface area contributed by atoms with Gasteiger partial charge in [-0.15, -0.1) is 0 Å². The summed E-state index contributed by atoms with van der Waals surface area (Å²) in [5, 5.41) is 0.881. The number of hydrogen-bond acceptors (Lipinski definition) is 1. The van der Waals surface area contributed by atoms with Crippen LogP contribution in [-0.2, 0) is 24.2 Å². The van der Waals surface area contributed by atoms with Crippen LogP contribution in [0.4, 0.5) is 8.78 Å². The van der Waals surface area contributed by atoms with Crippen molar-refractivity contribution in [2.24, 2.45) is 0 Å². The number of benzene rings is 2. The van der Waals surface area contributed by atoms with Gasteiger partial charge in [-0.3, -0.25) is 4.79 Å². The first kappa shape index (κ1) is 14.9. The van der Waals surface area contributed by atoms with Gasteiger partial charge in [-0.2, -0.15) is 0 Å². The third kappa shape index (κ3) is 2.56. The van der Waals surface area contributed by atoms with Crippen molar-refractivity contribution >= 4 is 16.8 Å². The summed E-state index contributed by atoms with van der Waals surface area (Å²) in [6.45, 7) is 1.00. The second kappa shape index (κ2) is 5.74. The summed E-state index contributed by atoms with van der Waals surface area (Å²) in [5.74, 6) is -0.720. The van der Waals surface area contributed by atoms with Crippen LogP contribution in [0.1, 0.15) is 16.8 Å². The van der Waals surface area contributed by atoms with Gasteiger partial charge >= 0.3 is 0 Å². The number of carbonyl (C=O) groups is 1. The number of halogens is 2. The van der Waals surface area contributed by atoms with Crippen LogP contribution in [0.3, 0.4) is 0 Å². The number of aromatic nitrogens is 1. The number of aromatic amines is 1. The lowest BCUT2D eigenvalue weighted by atomic mass is 10.0. The molecule has 1 N–H and O–H groups in total. The minimum Gasteiger partial charge on any atom is -0.357 e. The highest BCUT2D eigenvalue weighted by Crippen LogP contribution is 2.28. The first-order valence-corrected chi connectivity index (χ1v) is 7.92. The molecule has 1 aliphatic rings. The Labute approximate surface area is 137 Å². The molecule has 0 bridgehead atoms. The van der Waals surface area contributed by atoms with Crippen molar-refractivity contribution in [3.8, 4) is 0 Å². The van der Waals surface area contributed by atoms with Gasteiger partial charge in [0.2, 0.25) is 5.91 Å². The number of carbonyl (C=O) groups excluding carboxylic acids is 1. The van der Waals surface area contributed by atoms with Crippen LogP contribution in [0, 0.1) is 11.6 Å². The Balaban J connectivity index is 1.57. The predicted molar refractivity (Wildman–Crippen MR) is 87.5 cm³/mol. The van der Waals surface area contributed by atoms with E-state index in [2.05, 4.69) is 4.98 Å². The fourth-order valence-corrected chi connectivity index (χ4v) is 3.34. The summed E-state index contributed by atoms with van der Waals surface area (Å²) < 4.78 is 27.2. The summed E-state index contributed by atoms with van der Waals surface area (Å²) in [7, 11) is 0. The Morgan fingerprint density at radius 3 is 2.83 bits per heavy atom. The summed E-state index contributed by atoms with van der Waals surface area (Å²) in [6, 6.07) is 11.0. The van der Waals surface area contributed by atoms with E-state index in [4.69, 9.17) is 0 Å². The highest BCUT2D eigenvalue weighted by atomic mass is 19.1. The molecular weight excluding hydrogens is 310 g/mol. The average molecular weight is 326 g/mol. The maximum atomic E-state index is 13.7. The number of nitrogens with one attached hydrogen (secondary N) is 1. The Morgan fingerprint density at radius 2 is 2.00 bits per heavy atom. The molecule has 1 amide bonds. The normalized spacial score (nSPS) is 14.0. The first-order valence-electron chi connectivity index (χ1n) is 7.92. The van der Waals surface area contributed by atoms with Gasteiger partial charge in [0, 0.05) is 23.1 Å². The van der Waals surface area contributed by atoms with Crippen molar-refractivity contribution in [2.45, 2.75) is 19.4 Å². The summed E-state index contributed by atoms with van der Waals surface area (Å²) in [4.78, 5) is 17.5. The van der Waals surface area contributed by atoms with Gasteiger partial charge in [0.05, 0.1) is 13.0 Å². The highest BCUT2D eigenvalue weighted by molar-refractivity contribution is 5.86. The molecule has 24 heavy (non-hydrogen) atoms. The SMILES string of the molecule is O=C(Cc1ccccc1F)N1CCc2c([nH]c3ccc(F)cc23)C1. The number of amides is 1. The van der Waals surface area contributed by atoms with Crippen molar-refractivity contribution in [3.63, 3.8) is 0 Å². The lowest BCUT2D eigenvalue weighted by molar-refractivity contribution is -0.131. The predicted octanol–water partition coefficient (Wildman–Crippen LogP) is 3.57. The monoisotopic (exact) mass is 326 g/mol. The van der Waals surface area contributed by atoms with Crippen molar-refractivity contribution in [2.75, 3.05) is 6.54 Å². The van der Waals surface area contributed by atoms with Crippen LogP contribution in [0.2, 0.25) is 0 Å². The van der Waals surface area contributed by atoms with Gasteiger partial charge in [0.15, 0.2) is 0 Å². The number of rotatable bonds is 2. The number of fused-ring (bicyclic) bond motifs is 3. The number of nitrogens with zero attached hydrogens (tertiary/aromatic N) is 1. The van der Waals surface area contributed by atoms with E-state index >= 15 is 0 Å². The van der Waals surface area contributed by atoms with E-state index in [9.17, 15) is 13.6 Å². The fraction of sp³-hybridized carbons (Fsp3) is 0.211. The molecular formula is C19H16F2N2O. The minimum absolute atomic E-state index is 0.0524. The lowest BCUT2D eigenvalue weighted by Crippen LogP contribution is -2.37. The maximum absolute atomic E-state index is 13.7. The molecule has 0 unspecified atom stereocenters. The molecule has 1 aromatic heterocycles. The lowest BCUT2D eigenvalue weighted by Gasteiger charge is -2.27. The second-order valence-corrected chi connectivity index (χ2v) is 6.11. The smallest absolute Gasteiger partial charge is 0.227 e. The maximum Gasteiger partial charge on any atom is 0.227 e. The van der Waals surface area contributed by atoms with Gasteiger partial charge in [0.25, 0.3) is 0 Å². The molecule has 0 fully saturated rings. The van der Waals surface area contributed by atoms with Crippen molar-refractivity contribution in [1.82, 2.24) is 9.88 Å². The molecule has 0 saturated heterocycles. The molecule has 1 aliphatic heterocycles. The van der Waals surface area contributed by atoms with E-state index in [-0.39, 0.29) is 24.0 Å². The highest BCUT2D eigenvalue weighted by Gasteiger charge is 2.24. The Kier molecular flexibility index (Phi) is 3.56. The minimum atomic E-state index is -0.357. The topological polar surface area (TPSA) is 36.1 Å². The molecule has 0 spiro atoms.